The zero-order valence-electron chi connectivity index (χ0n) is 16.1. The van der Waals surface area contributed by atoms with Crippen LogP contribution in [0.1, 0.15) is 29.5 Å². The smallest absolute Gasteiger partial charge is 0.358 e. The van der Waals surface area contributed by atoms with Crippen molar-refractivity contribution >= 4 is 17.6 Å². The van der Waals surface area contributed by atoms with Gasteiger partial charge in [0, 0.05) is 18.4 Å². The van der Waals surface area contributed by atoms with E-state index in [-0.39, 0.29) is 24.6 Å². The van der Waals surface area contributed by atoms with Gasteiger partial charge in [-0.3, -0.25) is 9.36 Å². The van der Waals surface area contributed by atoms with E-state index in [1.165, 1.54) is 6.33 Å². The Morgan fingerprint density at radius 1 is 1.28 bits per heavy atom. The number of methoxy groups -OCH3 is 1. The first-order valence-corrected chi connectivity index (χ1v) is 9.17. The first-order chi connectivity index (χ1) is 14.1. The molecule has 150 valence electrons. The first-order valence-electron chi connectivity index (χ1n) is 9.17. The van der Waals surface area contributed by atoms with Gasteiger partial charge in [-0.1, -0.05) is 0 Å². The van der Waals surface area contributed by atoms with Crippen LogP contribution in [0, 0.1) is 0 Å². The number of hydrogen-bond donors (Lipinski definition) is 1. The van der Waals surface area contributed by atoms with Crippen molar-refractivity contribution in [3.63, 3.8) is 0 Å². The molecule has 0 saturated carbocycles. The number of fused-ring (bicyclic) bond motifs is 5. The fourth-order valence-electron chi connectivity index (χ4n) is 3.25. The molecule has 0 bridgehead atoms. The van der Waals surface area contributed by atoms with E-state index >= 15 is 0 Å². The number of esters is 1. The predicted molar refractivity (Wildman–Crippen MR) is 103 cm³/mol. The van der Waals surface area contributed by atoms with Gasteiger partial charge in [-0.15, -0.1) is 0 Å². The van der Waals surface area contributed by atoms with Gasteiger partial charge in [0.1, 0.15) is 12.7 Å². The minimum absolute atomic E-state index is 0.144. The van der Waals surface area contributed by atoms with Gasteiger partial charge in [-0.2, -0.15) is 5.10 Å². The molecule has 1 amide bonds. The third kappa shape index (κ3) is 3.49. The highest BCUT2D eigenvalue weighted by Crippen LogP contribution is 2.33. The molecule has 10 nitrogen and oxygen atoms in total. The number of hydrogen-bond acceptors (Lipinski definition) is 7. The molecule has 3 heterocycles. The molecule has 1 aromatic carbocycles. The number of anilines is 1. The zero-order chi connectivity index (χ0) is 20.4. The molecule has 0 unspecified atom stereocenters. The molecule has 1 aliphatic heterocycles. The van der Waals surface area contributed by atoms with Crippen molar-refractivity contribution in [3.8, 4) is 17.1 Å². The fraction of sp³-hybridized carbons (Fsp3) is 0.316. The number of amides is 1. The molecule has 0 radical (unpaired) electrons. The molecular formula is C19H20N6O4. The summed E-state index contributed by atoms with van der Waals surface area (Å²) in [5.74, 6) is 0.00898. The van der Waals surface area contributed by atoms with E-state index in [1.54, 1.807) is 31.1 Å². The molecule has 1 aliphatic rings. The molecule has 0 saturated heterocycles. The number of carbonyl (C=O) groups is 2. The van der Waals surface area contributed by atoms with E-state index in [9.17, 15) is 9.59 Å². The maximum Gasteiger partial charge on any atom is 0.358 e. The summed E-state index contributed by atoms with van der Waals surface area (Å²) in [5, 5.41) is 7.14. The molecular weight excluding hydrogens is 376 g/mol. The third-order valence-electron chi connectivity index (χ3n) is 4.56. The second-order valence-electron chi connectivity index (χ2n) is 6.39. The maximum atomic E-state index is 12.3. The van der Waals surface area contributed by atoms with Gasteiger partial charge in [0.15, 0.2) is 11.5 Å². The molecule has 3 aromatic rings. The van der Waals surface area contributed by atoms with Crippen LogP contribution < -0.4 is 5.32 Å². The van der Waals surface area contributed by atoms with Crippen molar-refractivity contribution in [2.75, 3.05) is 25.6 Å². The maximum absolute atomic E-state index is 12.3. The number of nitrogens with one attached hydrogen (secondary N) is 1. The van der Waals surface area contributed by atoms with Crippen LogP contribution in [0.4, 0.5) is 5.69 Å². The molecule has 0 atom stereocenters. The summed E-state index contributed by atoms with van der Waals surface area (Å²) < 4.78 is 13.6. The van der Waals surface area contributed by atoms with Crippen LogP contribution in [0.15, 0.2) is 30.9 Å². The van der Waals surface area contributed by atoms with Gasteiger partial charge < -0.3 is 14.8 Å². The van der Waals surface area contributed by atoms with Crippen LogP contribution in [0.25, 0.3) is 17.1 Å². The number of aromatic nitrogens is 5. The highest BCUT2D eigenvalue weighted by atomic mass is 16.5. The van der Waals surface area contributed by atoms with Gasteiger partial charge in [-0.25, -0.2) is 19.4 Å². The lowest BCUT2D eigenvalue weighted by molar-refractivity contribution is -0.117. The Morgan fingerprint density at radius 2 is 2.14 bits per heavy atom. The van der Waals surface area contributed by atoms with Crippen molar-refractivity contribution in [1.29, 1.82) is 0 Å². The summed E-state index contributed by atoms with van der Waals surface area (Å²) in [5.41, 5.74) is 3.08. The highest BCUT2D eigenvalue weighted by Gasteiger charge is 2.27. The monoisotopic (exact) mass is 396 g/mol. The molecule has 2 aromatic heterocycles. The average molecular weight is 396 g/mol. The number of carbonyl (C=O) groups excluding carboxylic acids is 2. The second-order valence-corrected chi connectivity index (χ2v) is 6.39. The number of imidazole rings is 1. The van der Waals surface area contributed by atoms with E-state index in [0.717, 1.165) is 11.3 Å². The molecule has 0 fully saturated rings. The summed E-state index contributed by atoms with van der Waals surface area (Å²) in [6, 6.07) is 5.48. The van der Waals surface area contributed by atoms with Crippen LogP contribution in [0.5, 0.6) is 0 Å². The topological polar surface area (TPSA) is 113 Å². The lowest BCUT2D eigenvalue weighted by Gasteiger charge is -2.11. The predicted octanol–water partition coefficient (Wildman–Crippen LogP) is 1.64. The SMILES string of the molecule is CCOC(=O)c1ncn2c1Cn1ncnc1-c1cc(NC(=O)CCOC)ccc1-2. The van der Waals surface area contributed by atoms with Crippen molar-refractivity contribution < 1.29 is 19.1 Å². The largest absolute Gasteiger partial charge is 0.461 e. The molecule has 0 aliphatic carbocycles. The van der Waals surface area contributed by atoms with Crippen LogP contribution in [-0.4, -0.2) is 56.5 Å². The summed E-state index contributed by atoms with van der Waals surface area (Å²) in [4.78, 5) is 33.0. The van der Waals surface area contributed by atoms with E-state index < -0.39 is 5.97 Å². The molecule has 0 spiro atoms. The van der Waals surface area contributed by atoms with Crippen LogP contribution >= 0.6 is 0 Å². The van der Waals surface area contributed by atoms with Crippen LogP contribution in [0.2, 0.25) is 0 Å². The van der Waals surface area contributed by atoms with Crippen molar-refractivity contribution in [3.05, 3.63) is 42.2 Å². The Hall–Kier alpha value is -3.53. The summed E-state index contributed by atoms with van der Waals surface area (Å²) >= 11 is 0. The Morgan fingerprint density at radius 3 is 2.93 bits per heavy atom. The van der Waals surface area contributed by atoms with Gasteiger partial charge >= 0.3 is 5.97 Å². The Kier molecular flexibility index (Phi) is 5.09. The van der Waals surface area contributed by atoms with E-state index in [0.29, 0.717) is 30.4 Å². The van der Waals surface area contributed by atoms with Crippen molar-refractivity contribution in [2.24, 2.45) is 0 Å². The number of benzene rings is 1. The second kappa shape index (κ2) is 7.84. The van der Waals surface area contributed by atoms with Crippen LogP contribution in [-0.2, 0) is 20.8 Å². The van der Waals surface area contributed by atoms with E-state index in [1.807, 2.05) is 16.7 Å². The van der Waals surface area contributed by atoms with E-state index in [4.69, 9.17) is 9.47 Å². The number of rotatable bonds is 6. The lowest BCUT2D eigenvalue weighted by Crippen LogP contribution is -2.13. The summed E-state index contributed by atoms with van der Waals surface area (Å²) in [6.07, 6.45) is 3.31. The average Bonchev–Trinajstić information content (AvgIpc) is 3.32. The van der Waals surface area contributed by atoms with Gasteiger partial charge in [0.05, 0.1) is 37.6 Å². The fourth-order valence-corrected chi connectivity index (χ4v) is 3.25. The molecule has 29 heavy (non-hydrogen) atoms. The van der Waals surface area contributed by atoms with Gasteiger partial charge in [0.2, 0.25) is 5.91 Å². The number of ether oxygens (including phenoxy) is 2. The Balaban J connectivity index is 1.77. The quantitative estimate of drug-likeness (QED) is 0.493. The van der Waals surface area contributed by atoms with E-state index in [2.05, 4.69) is 20.4 Å². The third-order valence-corrected chi connectivity index (χ3v) is 4.56. The van der Waals surface area contributed by atoms with Crippen molar-refractivity contribution in [1.82, 2.24) is 24.3 Å². The summed E-state index contributed by atoms with van der Waals surface area (Å²) in [7, 11) is 1.55. The minimum atomic E-state index is -0.478. The first kappa shape index (κ1) is 18.8. The zero-order valence-corrected chi connectivity index (χ0v) is 16.1. The standard InChI is InChI=1S/C19H20N6O4/c1-3-29-19(27)17-15-9-25-18(20-10-22-25)13-8-12(23-16(26)6-7-28-2)4-5-14(13)24(15)11-21-17/h4-5,8,10-11H,3,6-7,9H2,1-2H3,(H,23,26). The minimum Gasteiger partial charge on any atom is -0.461 e. The molecule has 1 N–H and O–H groups in total. The van der Waals surface area contributed by atoms with Gasteiger partial charge in [0.25, 0.3) is 0 Å². The Labute approximate surface area is 166 Å². The van der Waals surface area contributed by atoms with Crippen LogP contribution in [0.3, 0.4) is 0 Å². The highest BCUT2D eigenvalue weighted by molar-refractivity contribution is 5.92. The lowest BCUT2D eigenvalue weighted by atomic mass is 10.1. The van der Waals surface area contributed by atoms with Crippen molar-refractivity contribution in [2.45, 2.75) is 19.9 Å². The molecule has 10 heteroatoms. The number of nitrogens with zero attached hydrogens (tertiary/aromatic N) is 5. The van der Waals surface area contributed by atoms with Gasteiger partial charge in [-0.05, 0) is 25.1 Å². The summed E-state index contributed by atoms with van der Waals surface area (Å²) in [6.45, 7) is 2.68. The molecule has 4 rings (SSSR count). The Bertz CT molecular complexity index is 1070. The normalized spacial score (nSPS) is 11.8.